The Kier molecular flexibility index (Phi) is 5.56. The maximum absolute atomic E-state index is 13.0. The number of rotatable bonds is 4. The molecule has 8 nitrogen and oxygen atoms in total. The summed E-state index contributed by atoms with van der Waals surface area (Å²) in [7, 11) is 1.62. The Bertz CT molecular complexity index is 1170. The molecule has 1 aliphatic rings. The van der Waals surface area contributed by atoms with Crippen molar-refractivity contribution in [1.82, 2.24) is 9.88 Å². The zero-order valence-electron chi connectivity index (χ0n) is 16.3. The van der Waals surface area contributed by atoms with Crippen molar-refractivity contribution >= 4 is 33.6 Å². The summed E-state index contributed by atoms with van der Waals surface area (Å²) >= 11 is -2.20. The van der Waals surface area contributed by atoms with E-state index >= 15 is 0 Å². The molecule has 1 atom stereocenters. The number of amides is 1. The highest BCUT2D eigenvalue weighted by Crippen LogP contribution is 2.21. The summed E-state index contributed by atoms with van der Waals surface area (Å²) in [4.78, 5) is 32.7. The minimum Gasteiger partial charge on any atom is -0.497 e. The second-order valence-electron chi connectivity index (χ2n) is 6.97. The monoisotopic (exact) mass is 427 g/mol. The van der Waals surface area contributed by atoms with Gasteiger partial charge in [-0.2, -0.15) is 0 Å². The van der Waals surface area contributed by atoms with Crippen LogP contribution in [0.3, 0.4) is 0 Å². The van der Waals surface area contributed by atoms with E-state index in [0.29, 0.717) is 31.7 Å². The average Bonchev–Trinajstić information content (AvgIpc) is 2.79. The highest BCUT2D eigenvalue weighted by Gasteiger charge is 2.25. The van der Waals surface area contributed by atoms with Crippen molar-refractivity contribution in [2.24, 2.45) is 0 Å². The minimum atomic E-state index is -2.20. The molecule has 30 heavy (non-hydrogen) atoms. The van der Waals surface area contributed by atoms with Crippen LogP contribution >= 0.6 is 0 Å². The first-order valence-electron chi connectivity index (χ1n) is 9.42. The summed E-state index contributed by atoms with van der Waals surface area (Å²) in [5.41, 5.74) is 1.14. The quantitative estimate of drug-likeness (QED) is 0.618. The fraction of sp³-hybridized carbons (Fsp3) is 0.238. The van der Waals surface area contributed by atoms with Crippen molar-refractivity contribution in [2.75, 3.05) is 38.2 Å². The first-order chi connectivity index (χ1) is 14.5. The third-order valence-corrected chi connectivity index (χ3v) is 5.95. The fourth-order valence-corrected chi connectivity index (χ4v) is 4.00. The largest absolute Gasteiger partial charge is 0.497 e. The van der Waals surface area contributed by atoms with Gasteiger partial charge < -0.3 is 24.1 Å². The number of benzene rings is 2. The summed E-state index contributed by atoms with van der Waals surface area (Å²) in [5, 5.41) is 0.220. The van der Waals surface area contributed by atoms with Gasteiger partial charge in [-0.05, 0) is 42.5 Å². The van der Waals surface area contributed by atoms with Gasteiger partial charge in [-0.3, -0.25) is 9.59 Å². The number of methoxy groups -OCH3 is 1. The molecular formula is C21H21N3O5S. The van der Waals surface area contributed by atoms with E-state index < -0.39 is 16.5 Å². The van der Waals surface area contributed by atoms with Gasteiger partial charge >= 0.3 is 0 Å². The molecule has 1 unspecified atom stereocenters. The highest BCUT2D eigenvalue weighted by molar-refractivity contribution is 7.79. The zero-order valence-corrected chi connectivity index (χ0v) is 17.1. The smallest absolute Gasteiger partial charge is 0.259 e. The summed E-state index contributed by atoms with van der Waals surface area (Å²) in [6.07, 6.45) is 1.42. The first-order valence-corrected chi connectivity index (χ1v) is 10.5. The molecule has 2 N–H and O–H groups in total. The van der Waals surface area contributed by atoms with Crippen molar-refractivity contribution in [3.05, 3.63) is 64.4 Å². The van der Waals surface area contributed by atoms with E-state index in [1.807, 2.05) is 24.3 Å². The normalized spacial score (nSPS) is 15.3. The van der Waals surface area contributed by atoms with Crippen LogP contribution in [0.25, 0.3) is 10.9 Å². The van der Waals surface area contributed by atoms with Gasteiger partial charge in [0, 0.05) is 49.0 Å². The summed E-state index contributed by atoms with van der Waals surface area (Å²) in [6, 6.07) is 12.1. The number of aromatic amines is 1. The Morgan fingerprint density at radius 3 is 2.43 bits per heavy atom. The number of fused-ring (bicyclic) bond motifs is 1. The molecule has 0 saturated carbocycles. The van der Waals surface area contributed by atoms with Gasteiger partial charge in [0.05, 0.1) is 12.0 Å². The SMILES string of the molecule is COc1ccc(N2CCN(C(=O)c3c[nH]c4ccc(S(=O)O)cc4c3=O)CC2)cc1. The number of ether oxygens (including phenoxy) is 1. The number of nitrogens with one attached hydrogen (secondary N) is 1. The van der Waals surface area contributed by atoms with Gasteiger partial charge in [-0.15, -0.1) is 0 Å². The Labute approximate surface area is 175 Å². The molecule has 0 aliphatic carbocycles. The number of carbonyl (C=O) groups excluding carboxylic acids is 1. The van der Waals surface area contributed by atoms with Crippen molar-refractivity contribution in [3.8, 4) is 5.75 Å². The third kappa shape index (κ3) is 3.81. The van der Waals surface area contributed by atoms with Crippen LogP contribution in [0.1, 0.15) is 10.4 Å². The lowest BCUT2D eigenvalue weighted by Gasteiger charge is -2.36. The number of hydrogen-bond donors (Lipinski definition) is 2. The summed E-state index contributed by atoms with van der Waals surface area (Å²) in [5.74, 6) is 0.444. The molecule has 3 aromatic rings. The van der Waals surface area contributed by atoms with E-state index in [1.54, 1.807) is 18.1 Å². The maximum Gasteiger partial charge on any atom is 0.259 e. The maximum atomic E-state index is 13.0. The molecule has 1 fully saturated rings. The van der Waals surface area contributed by atoms with Crippen LogP contribution < -0.4 is 15.1 Å². The molecule has 1 aromatic heterocycles. The van der Waals surface area contributed by atoms with Gasteiger partial charge in [-0.1, -0.05) is 0 Å². The van der Waals surface area contributed by atoms with E-state index in [1.165, 1.54) is 18.3 Å². The molecular weight excluding hydrogens is 406 g/mol. The van der Waals surface area contributed by atoms with Crippen LogP contribution in [0.4, 0.5) is 5.69 Å². The predicted molar refractivity (Wildman–Crippen MR) is 115 cm³/mol. The van der Waals surface area contributed by atoms with Crippen LogP contribution in [0.5, 0.6) is 5.75 Å². The van der Waals surface area contributed by atoms with Crippen molar-refractivity contribution < 1.29 is 18.3 Å². The highest BCUT2D eigenvalue weighted by atomic mass is 32.2. The van der Waals surface area contributed by atoms with Gasteiger partial charge in [0.15, 0.2) is 11.1 Å². The van der Waals surface area contributed by atoms with Gasteiger partial charge in [0.25, 0.3) is 5.91 Å². The van der Waals surface area contributed by atoms with E-state index in [0.717, 1.165) is 11.4 Å². The van der Waals surface area contributed by atoms with Crippen LogP contribution in [-0.4, -0.2) is 57.8 Å². The lowest BCUT2D eigenvalue weighted by Crippen LogP contribution is -2.49. The number of nitrogens with zero attached hydrogens (tertiary/aromatic N) is 2. The third-order valence-electron chi connectivity index (χ3n) is 5.29. The van der Waals surface area contributed by atoms with E-state index in [4.69, 9.17) is 4.74 Å². The van der Waals surface area contributed by atoms with Gasteiger partial charge in [-0.25, -0.2) is 4.21 Å². The Hall–Kier alpha value is -3.17. The standard InChI is InChI=1S/C21H21N3O5S/c1-29-15-4-2-14(3-5-15)23-8-10-24(11-9-23)21(26)18-13-22-19-7-6-16(30(27)28)12-17(19)20(18)25/h2-7,12-13H,8-11H2,1H3,(H,22,25)(H,27,28). The molecule has 1 aliphatic heterocycles. The van der Waals surface area contributed by atoms with Crippen molar-refractivity contribution in [1.29, 1.82) is 0 Å². The number of carbonyl (C=O) groups is 1. The molecule has 156 valence electrons. The average molecular weight is 427 g/mol. The van der Waals surface area contributed by atoms with Crippen LogP contribution in [0.2, 0.25) is 0 Å². The number of pyridine rings is 1. The van der Waals surface area contributed by atoms with Gasteiger partial charge in [0.1, 0.15) is 11.3 Å². The molecule has 1 amide bonds. The number of hydrogen-bond acceptors (Lipinski definition) is 5. The van der Waals surface area contributed by atoms with E-state index in [9.17, 15) is 18.4 Å². The van der Waals surface area contributed by atoms with E-state index in [2.05, 4.69) is 9.88 Å². The Balaban J connectivity index is 1.52. The molecule has 1 saturated heterocycles. The second kappa shape index (κ2) is 8.29. The molecule has 9 heteroatoms. The molecule has 2 heterocycles. The molecule has 2 aromatic carbocycles. The topological polar surface area (TPSA) is 103 Å². The zero-order chi connectivity index (χ0) is 21.3. The second-order valence-corrected chi connectivity index (χ2v) is 7.94. The van der Waals surface area contributed by atoms with Crippen LogP contribution in [0, 0.1) is 0 Å². The minimum absolute atomic E-state index is 0.0290. The lowest BCUT2D eigenvalue weighted by molar-refractivity contribution is 0.0745. The first kappa shape index (κ1) is 20.1. The molecule has 0 spiro atoms. The summed E-state index contributed by atoms with van der Waals surface area (Å²) < 4.78 is 25.8. The van der Waals surface area contributed by atoms with Crippen molar-refractivity contribution in [3.63, 3.8) is 0 Å². The Morgan fingerprint density at radius 1 is 1.10 bits per heavy atom. The molecule has 4 rings (SSSR count). The van der Waals surface area contributed by atoms with Crippen LogP contribution in [-0.2, 0) is 11.1 Å². The van der Waals surface area contributed by atoms with Crippen molar-refractivity contribution in [2.45, 2.75) is 4.90 Å². The van der Waals surface area contributed by atoms with Crippen LogP contribution in [0.15, 0.2) is 58.4 Å². The Morgan fingerprint density at radius 2 is 1.80 bits per heavy atom. The number of H-pyrrole nitrogens is 1. The fourth-order valence-electron chi connectivity index (χ4n) is 3.60. The number of anilines is 1. The molecule has 0 bridgehead atoms. The predicted octanol–water partition coefficient (Wildman–Crippen LogP) is 2.08. The lowest BCUT2D eigenvalue weighted by atomic mass is 10.1. The van der Waals surface area contributed by atoms with E-state index in [-0.39, 0.29) is 21.8 Å². The molecule has 0 radical (unpaired) electrons. The number of piperazine rings is 1. The van der Waals surface area contributed by atoms with Gasteiger partial charge in [0.2, 0.25) is 5.43 Å². The number of aromatic nitrogens is 1. The summed E-state index contributed by atoms with van der Waals surface area (Å²) in [6.45, 7) is 2.28.